The van der Waals surface area contributed by atoms with Gasteiger partial charge in [-0.2, -0.15) is 0 Å². The summed E-state index contributed by atoms with van der Waals surface area (Å²) >= 11 is 1.26. The van der Waals surface area contributed by atoms with E-state index in [1.165, 1.54) is 18.9 Å². The number of benzene rings is 2. The monoisotopic (exact) mass is 399 g/mol. The zero-order valence-electron chi connectivity index (χ0n) is 15.6. The van der Waals surface area contributed by atoms with Gasteiger partial charge in [0.25, 0.3) is 0 Å². The number of carbonyl (C=O) groups is 2. The number of nitrogens with one attached hydrogen (secondary N) is 2. The number of anilines is 1. The second-order valence-corrected chi connectivity index (χ2v) is 7.17. The molecule has 0 unspecified atom stereocenters. The molecular formula is C20H21N3O4S. The first-order valence-corrected chi connectivity index (χ1v) is 9.55. The van der Waals surface area contributed by atoms with Crippen molar-refractivity contribution >= 4 is 34.4 Å². The van der Waals surface area contributed by atoms with Gasteiger partial charge in [-0.3, -0.25) is 14.6 Å². The molecule has 1 saturated heterocycles. The van der Waals surface area contributed by atoms with Gasteiger partial charge in [-0.25, -0.2) is 0 Å². The van der Waals surface area contributed by atoms with Crippen LogP contribution in [0.3, 0.4) is 0 Å². The number of ether oxygens (including phenoxy) is 2. The van der Waals surface area contributed by atoms with Crippen molar-refractivity contribution in [2.75, 3.05) is 19.5 Å². The average Bonchev–Trinajstić information content (AvgIpc) is 3.06. The molecule has 1 heterocycles. The van der Waals surface area contributed by atoms with E-state index in [2.05, 4.69) is 15.6 Å². The summed E-state index contributed by atoms with van der Waals surface area (Å²) in [6.07, 6.45) is 0.0439. The lowest BCUT2D eigenvalue weighted by atomic mass is 10.2. The second-order valence-electron chi connectivity index (χ2n) is 5.98. The standard InChI is InChI=1S/C20H21N3O4S/c1-26-15-9-5-3-7-13(15)12-21-20-23-19(25)17(28-20)11-18(24)22-14-8-4-6-10-16(14)27-2/h3-10,17H,11-12H2,1-2H3,(H,22,24)(H,21,23,25)/t17-/m0/s1. The lowest BCUT2D eigenvalue weighted by Gasteiger charge is -2.10. The molecule has 0 spiro atoms. The minimum atomic E-state index is -0.522. The van der Waals surface area contributed by atoms with E-state index in [9.17, 15) is 9.59 Å². The van der Waals surface area contributed by atoms with Crippen LogP contribution in [0.15, 0.2) is 53.5 Å². The third-order valence-corrected chi connectivity index (χ3v) is 5.23. The number of nitrogens with zero attached hydrogens (tertiary/aromatic N) is 1. The molecule has 8 heteroatoms. The molecule has 2 aromatic rings. The molecule has 1 atom stereocenters. The van der Waals surface area contributed by atoms with E-state index in [1.54, 1.807) is 25.3 Å². The highest BCUT2D eigenvalue weighted by Crippen LogP contribution is 2.27. The van der Waals surface area contributed by atoms with Crippen molar-refractivity contribution in [2.24, 2.45) is 4.99 Å². The fourth-order valence-corrected chi connectivity index (χ4v) is 3.69. The van der Waals surface area contributed by atoms with Crippen LogP contribution in [0, 0.1) is 0 Å². The highest BCUT2D eigenvalue weighted by atomic mass is 32.2. The average molecular weight is 399 g/mol. The zero-order valence-corrected chi connectivity index (χ0v) is 16.4. The van der Waals surface area contributed by atoms with Crippen molar-refractivity contribution in [2.45, 2.75) is 18.2 Å². The number of hydrogen-bond donors (Lipinski definition) is 2. The van der Waals surface area contributed by atoms with Gasteiger partial charge in [0.2, 0.25) is 11.8 Å². The number of thioether (sulfide) groups is 1. The van der Waals surface area contributed by atoms with Crippen molar-refractivity contribution in [1.82, 2.24) is 5.32 Å². The van der Waals surface area contributed by atoms with Crippen LogP contribution < -0.4 is 20.1 Å². The van der Waals surface area contributed by atoms with E-state index >= 15 is 0 Å². The van der Waals surface area contributed by atoms with Gasteiger partial charge in [-0.15, -0.1) is 0 Å². The van der Waals surface area contributed by atoms with Crippen molar-refractivity contribution in [3.63, 3.8) is 0 Å². The normalized spacial score (nSPS) is 17.3. The Morgan fingerprint density at radius 3 is 2.54 bits per heavy atom. The van der Waals surface area contributed by atoms with Crippen LogP contribution in [-0.4, -0.2) is 36.5 Å². The summed E-state index contributed by atoms with van der Waals surface area (Å²) in [5.74, 6) is 0.828. The van der Waals surface area contributed by atoms with Crippen LogP contribution in [0.1, 0.15) is 12.0 Å². The summed E-state index contributed by atoms with van der Waals surface area (Å²) in [6.45, 7) is 0.382. The predicted molar refractivity (Wildman–Crippen MR) is 110 cm³/mol. The van der Waals surface area contributed by atoms with Gasteiger partial charge in [0.15, 0.2) is 5.17 Å². The van der Waals surface area contributed by atoms with Gasteiger partial charge in [0, 0.05) is 12.0 Å². The molecule has 0 aliphatic carbocycles. The highest BCUT2D eigenvalue weighted by molar-refractivity contribution is 8.15. The summed E-state index contributed by atoms with van der Waals surface area (Å²) in [6, 6.07) is 14.7. The van der Waals surface area contributed by atoms with E-state index in [0.717, 1.165) is 11.3 Å². The molecule has 28 heavy (non-hydrogen) atoms. The van der Waals surface area contributed by atoms with Crippen molar-refractivity contribution in [3.8, 4) is 11.5 Å². The molecule has 0 bridgehead atoms. The molecule has 0 saturated carbocycles. The number of aliphatic imine (C=N–C) groups is 1. The smallest absolute Gasteiger partial charge is 0.240 e. The molecule has 0 radical (unpaired) electrons. The summed E-state index contributed by atoms with van der Waals surface area (Å²) in [5.41, 5.74) is 1.49. The number of hydrogen-bond acceptors (Lipinski definition) is 6. The van der Waals surface area contributed by atoms with Gasteiger partial charge < -0.3 is 20.1 Å². The van der Waals surface area contributed by atoms with E-state index < -0.39 is 5.25 Å². The van der Waals surface area contributed by atoms with Crippen LogP contribution in [-0.2, 0) is 16.1 Å². The van der Waals surface area contributed by atoms with Gasteiger partial charge in [0.05, 0.1) is 26.5 Å². The van der Waals surface area contributed by atoms with Gasteiger partial charge >= 0.3 is 0 Å². The minimum absolute atomic E-state index is 0.0439. The molecule has 1 fully saturated rings. The topological polar surface area (TPSA) is 89.0 Å². The third-order valence-electron chi connectivity index (χ3n) is 4.11. The maximum atomic E-state index is 12.3. The molecule has 0 aromatic heterocycles. The van der Waals surface area contributed by atoms with Gasteiger partial charge in [-0.1, -0.05) is 42.1 Å². The van der Waals surface area contributed by atoms with E-state index in [-0.39, 0.29) is 18.2 Å². The molecule has 1 aliphatic heterocycles. The Morgan fingerprint density at radius 1 is 1.11 bits per heavy atom. The first-order chi connectivity index (χ1) is 13.6. The summed E-state index contributed by atoms with van der Waals surface area (Å²) < 4.78 is 10.5. The molecular weight excluding hydrogens is 378 g/mol. The molecule has 1 aliphatic rings. The van der Waals surface area contributed by atoms with Crippen molar-refractivity contribution in [1.29, 1.82) is 0 Å². The van der Waals surface area contributed by atoms with E-state index in [4.69, 9.17) is 9.47 Å². The summed E-state index contributed by atoms with van der Waals surface area (Å²) in [5, 5.41) is 5.50. The Hall–Kier alpha value is -3.00. The molecule has 2 N–H and O–H groups in total. The van der Waals surface area contributed by atoms with Crippen molar-refractivity contribution in [3.05, 3.63) is 54.1 Å². The SMILES string of the molecule is COc1ccccc1CN=C1NC(=O)[C@H](CC(=O)Nc2ccccc2OC)S1. The van der Waals surface area contributed by atoms with Crippen LogP contribution in [0.5, 0.6) is 11.5 Å². The van der Waals surface area contributed by atoms with E-state index in [0.29, 0.717) is 23.1 Å². The molecule has 7 nitrogen and oxygen atoms in total. The largest absolute Gasteiger partial charge is 0.496 e. The Balaban J connectivity index is 1.59. The number of amides is 2. The Morgan fingerprint density at radius 2 is 1.79 bits per heavy atom. The van der Waals surface area contributed by atoms with E-state index in [1.807, 2.05) is 30.3 Å². The molecule has 2 amide bonds. The zero-order chi connectivity index (χ0) is 19.9. The first kappa shape index (κ1) is 19.8. The molecule has 2 aromatic carbocycles. The number of para-hydroxylation sites is 3. The predicted octanol–water partition coefficient (Wildman–Crippen LogP) is 2.82. The lowest BCUT2D eigenvalue weighted by molar-refractivity contribution is -0.122. The van der Waals surface area contributed by atoms with Gasteiger partial charge in [0.1, 0.15) is 16.7 Å². The number of amidine groups is 1. The molecule has 3 rings (SSSR count). The number of methoxy groups -OCH3 is 2. The lowest BCUT2D eigenvalue weighted by Crippen LogP contribution is -2.28. The fourth-order valence-electron chi connectivity index (χ4n) is 2.72. The Bertz CT molecular complexity index is 901. The van der Waals surface area contributed by atoms with Crippen molar-refractivity contribution < 1.29 is 19.1 Å². The highest BCUT2D eigenvalue weighted by Gasteiger charge is 2.32. The quantitative estimate of drug-likeness (QED) is 0.747. The number of carbonyl (C=O) groups excluding carboxylic acids is 2. The van der Waals surface area contributed by atoms with Crippen LogP contribution >= 0.6 is 11.8 Å². The molecule has 146 valence electrons. The number of rotatable bonds is 7. The first-order valence-electron chi connectivity index (χ1n) is 8.67. The summed E-state index contributed by atoms with van der Waals surface area (Å²) in [7, 11) is 3.14. The van der Waals surface area contributed by atoms with Crippen LogP contribution in [0.2, 0.25) is 0 Å². The fraction of sp³-hybridized carbons (Fsp3) is 0.250. The maximum Gasteiger partial charge on any atom is 0.240 e. The maximum absolute atomic E-state index is 12.3. The van der Waals surface area contributed by atoms with Crippen LogP contribution in [0.25, 0.3) is 0 Å². The minimum Gasteiger partial charge on any atom is -0.496 e. The van der Waals surface area contributed by atoms with Crippen LogP contribution in [0.4, 0.5) is 5.69 Å². The van der Waals surface area contributed by atoms with Gasteiger partial charge in [-0.05, 0) is 18.2 Å². The Labute approximate surface area is 167 Å². The third kappa shape index (κ3) is 4.83. The Kier molecular flexibility index (Phi) is 6.54. The second kappa shape index (κ2) is 9.27. The summed E-state index contributed by atoms with van der Waals surface area (Å²) in [4.78, 5) is 29.0.